The molecule has 0 radical (unpaired) electrons. The number of rotatable bonds is 9. The van der Waals surface area contributed by atoms with Crippen LogP contribution in [-0.4, -0.2) is 50.6 Å². The third kappa shape index (κ3) is 5.34. The van der Waals surface area contributed by atoms with E-state index in [0.29, 0.717) is 11.1 Å². The van der Waals surface area contributed by atoms with Crippen LogP contribution in [0, 0.1) is 11.8 Å². The molecule has 0 amide bonds. The van der Waals surface area contributed by atoms with Crippen LogP contribution in [0.25, 0.3) is 0 Å². The van der Waals surface area contributed by atoms with Crippen LogP contribution in [0.3, 0.4) is 0 Å². The molecule has 0 aliphatic heterocycles. The number of esters is 2. The number of methoxy groups -OCH3 is 4. The van der Waals surface area contributed by atoms with Crippen LogP contribution in [0.2, 0.25) is 0 Å². The third-order valence-electron chi connectivity index (χ3n) is 4.89. The van der Waals surface area contributed by atoms with Gasteiger partial charge in [-0.3, -0.25) is 9.59 Å². The van der Waals surface area contributed by atoms with Gasteiger partial charge in [0.15, 0.2) is 23.0 Å². The number of carbonyl (C=O) groups excluding carboxylic acids is 2. The van der Waals surface area contributed by atoms with Crippen molar-refractivity contribution in [3.63, 3.8) is 0 Å². The lowest BCUT2D eigenvalue weighted by Gasteiger charge is -2.24. The Morgan fingerprint density at radius 3 is 1.40 bits per heavy atom. The van der Waals surface area contributed by atoms with Crippen molar-refractivity contribution in [3.8, 4) is 23.0 Å². The molecule has 0 saturated carbocycles. The largest absolute Gasteiger partial charge is 0.504 e. The van der Waals surface area contributed by atoms with Gasteiger partial charge < -0.3 is 29.2 Å². The minimum atomic E-state index is -0.850. The fourth-order valence-corrected chi connectivity index (χ4v) is 3.29. The highest BCUT2D eigenvalue weighted by molar-refractivity contribution is 5.82. The molecule has 2 atom stereocenters. The summed E-state index contributed by atoms with van der Waals surface area (Å²) >= 11 is 0. The average Bonchev–Trinajstić information content (AvgIpc) is 2.77. The number of carbonyl (C=O) groups is 2. The van der Waals surface area contributed by atoms with E-state index < -0.39 is 23.8 Å². The molecule has 2 rings (SSSR count). The second kappa shape index (κ2) is 10.4. The molecular weight excluding hydrogens is 392 g/mol. The predicted molar refractivity (Wildman–Crippen MR) is 108 cm³/mol. The van der Waals surface area contributed by atoms with Crippen molar-refractivity contribution >= 4 is 11.9 Å². The zero-order valence-electron chi connectivity index (χ0n) is 17.4. The molecule has 8 nitrogen and oxygen atoms in total. The van der Waals surface area contributed by atoms with E-state index in [9.17, 15) is 19.8 Å². The van der Waals surface area contributed by atoms with Crippen LogP contribution < -0.4 is 9.47 Å². The summed E-state index contributed by atoms with van der Waals surface area (Å²) < 4.78 is 20.1. The number of hydrogen-bond acceptors (Lipinski definition) is 8. The maximum atomic E-state index is 12.6. The Balaban J connectivity index is 2.40. The van der Waals surface area contributed by atoms with Gasteiger partial charge in [0.25, 0.3) is 0 Å². The summed E-state index contributed by atoms with van der Waals surface area (Å²) in [5, 5.41) is 19.6. The molecule has 0 aliphatic carbocycles. The van der Waals surface area contributed by atoms with Crippen LogP contribution in [0.1, 0.15) is 11.1 Å². The fraction of sp³-hybridized carbons (Fsp3) is 0.364. The van der Waals surface area contributed by atoms with Crippen LogP contribution in [0.4, 0.5) is 0 Å². The molecular formula is C22H26O8. The molecule has 0 heterocycles. The second-order valence-electron chi connectivity index (χ2n) is 6.68. The molecule has 0 aliphatic rings. The summed E-state index contributed by atoms with van der Waals surface area (Å²) in [5.41, 5.74) is 1.36. The Hall–Kier alpha value is -3.42. The monoisotopic (exact) mass is 418 g/mol. The molecule has 8 heteroatoms. The molecule has 162 valence electrons. The van der Waals surface area contributed by atoms with E-state index in [1.54, 1.807) is 24.3 Å². The van der Waals surface area contributed by atoms with Gasteiger partial charge in [-0.15, -0.1) is 0 Å². The first kappa shape index (κ1) is 22.9. The summed E-state index contributed by atoms with van der Waals surface area (Å²) in [7, 11) is 5.35. The quantitative estimate of drug-likeness (QED) is 0.598. The summed E-state index contributed by atoms with van der Waals surface area (Å²) in [6, 6.07) is 9.41. The van der Waals surface area contributed by atoms with Crippen molar-refractivity contribution in [3.05, 3.63) is 47.5 Å². The summed E-state index contributed by atoms with van der Waals surface area (Å²) in [6.07, 6.45) is 0.330. The van der Waals surface area contributed by atoms with Crippen molar-refractivity contribution in [2.24, 2.45) is 11.8 Å². The van der Waals surface area contributed by atoms with Crippen LogP contribution in [0.15, 0.2) is 36.4 Å². The Labute approximate surface area is 175 Å². The first-order valence-electron chi connectivity index (χ1n) is 9.22. The Kier molecular flexibility index (Phi) is 7.91. The lowest BCUT2D eigenvalue weighted by molar-refractivity contribution is -0.157. The summed E-state index contributed by atoms with van der Waals surface area (Å²) in [6.45, 7) is 0. The Bertz CT molecular complexity index is 819. The van der Waals surface area contributed by atoms with Crippen molar-refractivity contribution < 1.29 is 38.7 Å². The molecule has 0 spiro atoms. The molecule has 2 aromatic rings. The van der Waals surface area contributed by atoms with Gasteiger partial charge in [-0.25, -0.2) is 0 Å². The van der Waals surface area contributed by atoms with Gasteiger partial charge in [-0.05, 0) is 48.2 Å². The summed E-state index contributed by atoms with van der Waals surface area (Å²) in [4.78, 5) is 25.2. The maximum absolute atomic E-state index is 12.6. The van der Waals surface area contributed by atoms with Crippen LogP contribution in [-0.2, 0) is 31.9 Å². The maximum Gasteiger partial charge on any atom is 0.309 e. The number of hydrogen-bond donors (Lipinski definition) is 2. The average molecular weight is 418 g/mol. The Morgan fingerprint density at radius 2 is 1.10 bits per heavy atom. The highest BCUT2D eigenvalue weighted by Gasteiger charge is 2.36. The molecule has 2 aromatic carbocycles. The lowest BCUT2D eigenvalue weighted by Crippen LogP contribution is -2.34. The van der Waals surface area contributed by atoms with Crippen molar-refractivity contribution in [2.75, 3.05) is 28.4 Å². The van der Waals surface area contributed by atoms with Gasteiger partial charge in [0, 0.05) is 0 Å². The van der Waals surface area contributed by atoms with Gasteiger partial charge in [-0.1, -0.05) is 12.1 Å². The topological polar surface area (TPSA) is 112 Å². The normalized spacial score (nSPS) is 12.5. The molecule has 0 fully saturated rings. The van der Waals surface area contributed by atoms with E-state index in [0.717, 1.165) is 0 Å². The molecule has 0 bridgehead atoms. The fourth-order valence-electron chi connectivity index (χ4n) is 3.29. The minimum Gasteiger partial charge on any atom is -0.504 e. The van der Waals surface area contributed by atoms with E-state index in [1.165, 1.54) is 40.6 Å². The Morgan fingerprint density at radius 1 is 0.733 bits per heavy atom. The number of aromatic hydroxyl groups is 2. The zero-order valence-corrected chi connectivity index (χ0v) is 17.4. The first-order chi connectivity index (χ1) is 14.3. The highest BCUT2D eigenvalue weighted by atomic mass is 16.5. The summed E-state index contributed by atoms with van der Waals surface area (Å²) in [5.74, 6) is -2.38. The van der Waals surface area contributed by atoms with Gasteiger partial charge in [0.2, 0.25) is 0 Å². The van der Waals surface area contributed by atoms with Crippen LogP contribution in [0.5, 0.6) is 23.0 Å². The van der Waals surface area contributed by atoms with Crippen LogP contribution >= 0.6 is 0 Å². The smallest absolute Gasteiger partial charge is 0.309 e. The first-order valence-corrected chi connectivity index (χ1v) is 9.22. The molecule has 0 saturated heterocycles. The predicted octanol–water partition coefficient (Wildman–Crippen LogP) is 2.48. The van der Waals surface area contributed by atoms with Crippen molar-refractivity contribution in [1.29, 1.82) is 0 Å². The third-order valence-corrected chi connectivity index (χ3v) is 4.89. The van der Waals surface area contributed by atoms with E-state index in [4.69, 9.17) is 18.9 Å². The number of phenols is 2. The van der Waals surface area contributed by atoms with E-state index in [-0.39, 0.29) is 35.8 Å². The molecule has 0 aromatic heterocycles. The van der Waals surface area contributed by atoms with Gasteiger partial charge in [-0.2, -0.15) is 0 Å². The number of phenolic OH excluding ortho intramolecular Hbond substituents is 2. The van der Waals surface area contributed by atoms with E-state index >= 15 is 0 Å². The number of benzene rings is 2. The second-order valence-corrected chi connectivity index (χ2v) is 6.68. The molecule has 1 unspecified atom stereocenters. The van der Waals surface area contributed by atoms with E-state index in [2.05, 4.69) is 0 Å². The zero-order chi connectivity index (χ0) is 22.3. The SMILES string of the molecule is COC(=O)C(Cc1ccc(O)c(OC)c1)[C@@H](Cc1ccc(O)c(OC)c1)C(=O)OC. The van der Waals surface area contributed by atoms with Gasteiger partial charge in [0.05, 0.1) is 40.3 Å². The standard InChI is InChI=1S/C22H26O8/c1-27-19-11-13(5-7-17(19)23)9-15(21(25)29-3)16(22(26)30-4)10-14-6-8-18(24)20(12-14)28-2/h5-8,11-12,15-16,23-24H,9-10H2,1-4H3/t15-,16?/m1/s1. The number of ether oxygens (including phenoxy) is 4. The highest BCUT2D eigenvalue weighted by Crippen LogP contribution is 2.32. The van der Waals surface area contributed by atoms with Gasteiger partial charge in [0.1, 0.15) is 0 Å². The molecule has 2 N–H and O–H groups in total. The minimum absolute atomic E-state index is 0.0309. The molecule has 30 heavy (non-hydrogen) atoms. The van der Waals surface area contributed by atoms with Crippen molar-refractivity contribution in [1.82, 2.24) is 0 Å². The van der Waals surface area contributed by atoms with E-state index in [1.807, 2.05) is 0 Å². The van der Waals surface area contributed by atoms with Crippen molar-refractivity contribution in [2.45, 2.75) is 12.8 Å². The lowest BCUT2D eigenvalue weighted by atomic mass is 9.82. The van der Waals surface area contributed by atoms with Gasteiger partial charge >= 0.3 is 11.9 Å².